The van der Waals surface area contributed by atoms with Gasteiger partial charge in [0, 0.05) is 13.1 Å². The number of guanidine groups is 1. The van der Waals surface area contributed by atoms with E-state index < -0.39 is 5.97 Å². The molecule has 1 aliphatic rings. The van der Waals surface area contributed by atoms with Crippen molar-refractivity contribution in [2.45, 2.75) is 38.6 Å². The molecule has 5 N–H and O–H groups in total. The van der Waals surface area contributed by atoms with Crippen molar-refractivity contribution in [2.24, 2.45) is 16.5 Å². The van der Waals surface area contributed by atoms with E-state index >= 15 is 0 Å². The summed E-state index contributed by atoms with van der Waals surface area (Å²) in [6.07, 6.45) is 3.15. The molecule has 3 aromatic carbocycles. The standard InChI is InChI=1S/C31H35N5O5/c32-31(33)34-17-6-2-3-7-22-12-15-27-26(19-22)30(40)35(18-16-29(38)39)21-28(37)36(27)20-23-10-13-25(14-11-23)41-24-8-4-1-5-9-24/h1,4-5,8-15,19H,2-3,6-7,16-18,20-21H2,(H,38,39)(H4,32,33,34). The lowest BCUT2D eigenvalue weighted by atomic mass is 10.0. The lowest BCUT2D eigenvalue weighted by Gasteiger charge is -2.23. The van der Waals surface area contributed by atoms with Crippen LogP contribution >= 0.6 is 0 Å². The number of unbranched alkanes of at least 4 members (excludes halogenated alkanes) is 2. The summed E-state index contributed by atoms with van der Waals surface area (Å²) in [7, 11) is 0. The Morgan fingerprint density at radius 1 is 0.902 bits per heavy atom. The second-order valence-corrected chi connectivity index (χ2v) is 9.88. The number of anilines is 1. The lowest BCUT2D eigenvalue weighted by molar-refractivity contribution is -0.137. The Balaban J connectivity index is 1.53. The number of rotatable bonds is 13. The first-order valence-electron chi connectivity index (χ1n) is 13.6. The molecule has 0 aliphatic carbocycles. The summed E-state index contributed by atoms with van der Waals surface area (Å²) in [6, 6.07) is 22.5. The Morgan fingerprint density at radius 3 is 2.32 bits per heavy atom. The van der Waals surface area contributed by atoms with Gasteiger partial charge >= 0.3 is 5.97 Å². The number of benzene rings is 3. The number of aryl methyl sites for hydroxylation is 1. The predicted octanol–water partition coefficient (Wildman–Crippen LogP) is 3.93. The number of carbonyl (C=O) groups is 3. The highest BCUT2D eigenvalue weighted by atomic mass is 16.5. The number of nitrogens with two attached hydrogens (primary N) is 2. The van der Waals surface area contributed by atoms with Gasteiger partial charge in [-0.15, -0.1) is 0 Å². The first kappa shape index (κ1) is 29.1. The maximum absolute atomic E-state index is 13.5. The van der Waals surface area contributed by atoms with Crippen LogP contribution in [0.3, 0.4) is 0 Å². The molecule has 0 saturated heterocycles. The number of para-hydroxylation sites is 1. The van der Waals surface area contributed by atoms with Crippen molar-refractivity contribution in [1.29, 1.82) is 0 Å². The first-order chi connectivity index (χ1) is 19.8. The molecule has 0 aromatic heterocycles. The summed E-state index contributed by atoms with van der Waals surface area (Å²) < 4.78 is 5.88. The number of carboxylic acids is 1. The molecule has 1 heterocycles. The average Bonchev–Trinajstić information content (AvgIpc) is 3.05. The number of hydrogen-bond acceptors (Lipinski definition) is 5. The van der Waals surface area contributed by atoms with Crippen molar-refractivity contribution < 1.29 is 24.2 Å². The fourth-order valence-electron chi connectivity index (χ4n) is 4.65. The second kappa shape index (κ2) is 14.0. The van der Waals surface area contributed by atoms with Crippen LogP contribution in [0, 0.1) is 0 Å². The van der Waals surface area contributed by atoms with E-state index in [1.54, 1.807) is 4.90 Å². The Labute approximate surface area is 239 Å². The molecule has 0 fully saturated rings. The summed E-state index contributed by atoms with van der Waals surface area (Å²) in [5.74, 6) is -0.184. The maximum atomic E-state index is 13.5. The Hall–Kier alpha value is -4.86. The fraction of sp³-hybridized carbons (Fsp3) is 0.290. The van der Waals surface area contributed by atoms with Gasteiger partial charge in [0.1, 0.15) is 18.0 Å². The third-order valence-corrected chi connectivity index (χ3v) is 6.75. The molecule has 10 heteroatoms. The molecular weight excluding hydrogens is 522 g/mol. The van der Waals surface area contributed by atoms with Crippen LogP contribution in [-0.2, 0) is 22.6 Å². The van der Waals surface area contributed by atoms with Crippen LogP contribution in [-0.4, -0.2) is 53.4 Å². The van der Waals surface area contributed by atoms with E-state index in [-0.39, 0.29) is 43.8 Å². The number of fused-ring (bicyclic) bond motifs is 1. The minimum absolute atomic E-state index is 0.0479. The van der Waals surface area contributed by atoms with Crippen LogP contribution in [0.15, 0.2) is 77.8 Å². The van der Waals surface area contributed by atoms with Crippen molar-refractivity contribution in [1.82, 2.24) is 4.90 Å². The number of nitrogens with zero attached hydrogens (tertiary/aromatic N) is 3. The molecule has 0 radical (unpaired) electrons. The zero-order chi connectivity index (χ0) is 29.2. The normalized spacial score (nSPS) is 13.0. The van der Waals surface area contributed by atoms with Crippen molar-refractivity contribution in [2.75, 3.05) is 24.5 Å². The average molecular weight is 558 g/mol. The van der Waals surface area contributed by atoms with Crippen LogP contribution in [0.5, 0.6) is 11.5 Å². The smallest absolute Gasteiger partial charge is 0.305 e. The van der Waals surface area contributed by atoms with E-state index in [4.69, 9.17) is 16.2 Å². The lowest BCUT2D eigenvalue weighted by Crippen LogP contribution is -2.40. The molecule has 3 aromatic rings. The van der Waals surface area contributed by atoms with Crippen LogP contribution in [0.4, 0.5) is 5.69 Å². The number of carboxylic acid groups (broad SMARTS) is 1. The predicted molar refractivity (Wildman–Crippen MR) is 157 cm³/mol. The van der Waals surface area contributed by atoms with E-state index in [0.29, 0.717) is 23.5 Å². The van der Waals surface area contributed by atoms with Crippen molar-refractivity contribution >= 4 is 29.4 Å². The van der Waals surface area contributed by atoms with Gasteiger partial charge in [-0.3, -0.25) is 19.4 Å². The number of hydrogen-bond donors (Lipinski definition) is 3. The minimum atomic E-state index is -1.03. The van der Waals surface area contributed by atoms with E-state index in [1.807, 2.05) is 72.8 Å². The number of aliphatic imine (C=N–C) groups is 1. The second-order valence-electron chi connectivity index (χ2n) is 9.88. The minimum Gasteiger partial charge on any atom is -0.481 e. The molecule has 214 valence electrons. The zero-order valence-electron chi connectivity index (χ0n) is 22.9. The first-order valence-corrected chi connectivity index (χ1v) is 13.6. The molecular formula is C31H35N5O5. The molecule has 0 bridgehead atoms. The molecule has 1 aliphatic heterocycles. The molecule has 0 saturated carbocycles. The highest BCUT2D eigenvalue weighted by Gasteiger charge is 2.32. The molecule has 41 heavy (non-hydrogen) atoms. The van der Waals surface area contributed by atoms with Crippen molar-refractivity contribution in [3.05, 3.63) is 89.5 Å². The summed E-state index contributed by atoms with van der Waals surface area (Å²) in [4.78, 5) is 45.1. The maximum Gasteiger partial charge on any atom is 0.305 e. The monoisotopic (exact) mass is 557 g/mol. The summed E-state index contributed by atoms with van der Waals surface area (Å²) in [5.41, 5.74) is 13.5. The van der Waals surface area contributed by atoms with Gasteiger partial charge in [0.25, 0.3) is 5.91 Å². The summed E-state index contributed by atoms with van der Waals surface area (Å²) in [6.45, 7) is 0.575. The van der Waals surface area contributed by atoms with E-state index in [9.17, 15) is 19.5 Å². The van der Waals surface area contributed by atoms with Crippen LogP contribution < -0.4 is 21.1 Å². The summed E-state index contributed by atoms with van der Waals surface area (Å²) >= 11 is 0. The highest BCUT2D eigenvalue weighted by Crippen LogP contribution is 2.30. The molecule has 4 rings (SSSR count). The third-order valence-electron chi connectivity index (χ3n) is 6.75. The Kier molecular flexibility index (Phi) is 9.93. The number of amides is 2. The quantitative estimate of drug-likeness (QED) is 0.164. The highest BCUT2D eigenvalue weighted by molar-refractivity contribution is 6.09. The number of aliphatic carboxylic acids is 1. The van der Waals surface area contributed by atoms with Crippen LogP contribution in [0.1, 0.15) is 47.2 Å². The van der Waals surface area contributed by atoms with Gasteiger partial charge in [0.2, 0.25) is 5.91 Å². The zero-order valence-corrected chi connectivity index (χ0v) is 22.9. The van der Waals surface area contributed by atoms with E-state index in [1.165, 1.54) is 4.90 Å². The van der Waals surface area contributed by atoms with Gasteiger partial charge in [-0.25, -0.2) is 0 Å². The van der Waals surface area contributed by atoms with Gasteiger partial charge < -0.3 is 31.1 Å². The summed E-state index contributed by atoms with van der Waals surface area (Å²) in [5, 5.41) is 9.19. The number of carbonyl (C=O) groups excluding carboxylic acids is 2. The molecule has 0 atom stereocenters. The van der Waals surface area contributed by atoms with Crippen molar-refractivity contribution in [3.8, 4) is 11.5 Å². The SMILES string of the molecule is NC(N)=NCCCCCc1ccc2c(c1)C(=O)N(CCC(=O)O)CC(=O)N2Cc1ccc(Oc2ccccc2)cc1. The molecule has 2 amide bonds. The molecule has 10 nitrogen and oxygen atoms in total. The van der Waals surface area contributed by atoms with Gasteiger partial charge in [-0.2, -0.15) is 0 Å². The van der Waals surface area contributed by atoms with E-state index in [2.05, 4.69) is 4.99 Å². The largest absolute Gasteiger partial charge is 0.481 e. The topological polar surface area (TPSA) is 152 Å². The Morgan fingerprint density at radius 2 is 1.61 bits per heavy atom. The van der Waals surface area contributed by atoms with Crippen LogP contribution in [0.2, 0.25) is 0 Å². The molecule has 0 unspecified atom stereocenters. The third kappa shape index (κ3) is 8.31. The van der Waals surface area contributed by atoms with Gasteiger partial charge in [-0.05, 0) is 66.8 Å². The number of ether oxygens (including phenoxy) is 1. The fourth-order valence-corrected chi connectivity index (χ4v) is 4.65. The van der Waals surface area contributed by atoms with E-state index in [0.717, 1.165) is 42.6 Å². The molecule has 0 spiro atoms. The van der Waals surface area contributed by atoms with Gasteiger partial charge in [-0.1, -0.05) is 42.8 Å². The van der Waals surface area contributed by atoms with Gasteiger partial charge in [0.05, 0.1) is 24.2 Å². The van der Waals surface area contributed by atoms with Crippen LogP contribution in [0.25, 0.3) is 0 Å². The van der Waals surface area contributed by atoms with Gasteiger partial charge in [0.15, 0.2) is 5.96 Å². The van der Waals surface area contributed by atoms with Crippen molar-refractivity contribution in [3.63, 3.8) is 0 Å². The Bertz CT molecular complexity index is 1390.